The molecule has 0 aliphatic carbocycles. The van der Waals surface area contributed by atoms with Gasteiger partial charge < -0.3 is 33.8 Å². The number of carbonyl (C=O) groups excluding carboxylic acids is 4. The Morgan fingerprint density at radius 1 is 0.269 bits per heavy atom. The zero-order valence-corrected chi connectivity index (χ0v) is 70.0. The molecule has 0 aromatic carbocycles. The third kappa shape index (κ3) is 79.5. The van der Waals surface area contributed by atoms with E-state index in [1.54, 1.807) is 0 Å². The second-order valence-electron chi connectivity index (χ2n) is 28.4. The summed E-state index contributed by atoms with van der Waals surface area (Å²) in [6.07, 6.45) is 90.2. The van der Waals surface area contributed by atoms with Gasteiger partial charge in [-0.15, -0.1) is 0 Å². The van der Waals surface area contributed by atoms with Gasteiger partial charge in [0.1, 0.15) is 19.3 Å². The Balaban J connectivity index is 5.43. The molecule has 0 aliphatic heterocycles. The number of allylic oxidation sites excluding steroid dienone is 20. The monoisotopic (exact) mass is 1560 g/mol. The molecule has 0 rings (SSSR count). The number of rotatable bonds is 80. The van der Waals surface area contributed by atoms with E-state index in [-0.39, 0.29) is 25.7 Å². The summed E-state index contributed by atoms with van der Waals surface area (Å²) in [6.45, 7) is 4.64. The van der Waals surface area contributed by atoms with Crippen LogP contribution in [0.3, 0.4) is 0 Å². The Labute approximate surface area is 657 Å². The van der Waals surface area contributed by atoms with Gasteiger partial charge in [-0.1, -0.05) is 342 Å². The average molecular weight is 1560 g/mol. The van der Waals surface area contributed by atoms with Gasteiger partial charge in [0.15, 0.2) is 12.2 Å². The van der Waals surface area contributed by atoms with Crippen LogP contribution in [-0.2, 0) is 65.4 Å². The molecule has 0 amide bonds. The lowest BCUT2D eigenvalue weighted by atomic mass is 10.0. The minimum Gasteiger partial charge on any atom is -0.462 e. The fourth-order valence-corrected chi connectivity index (χ4v) is 13.1. The Morgan fingerprint density at radius 3 is 0.741 bits per heavy atom. The Bertz CT molecular complexity index is 2520. The molecule has 19 heteroatoms. The summed E-state index contributed by atoms with van der Waals surface area (Å²) in [6, 6.07) is 0. The summed E-state index contributed by atoms with van der Waals surface area (Å²) >= 11 is 0. The maximum atomic E-state index is 13.1. The highest BCUT2D eigenvalue weighted by molar-refractivity contribution is 7.47. The van der Waals surface area contributed by atoms with Gasteiger partial charge in [0, 0.05) is 25.7 Å². The largest absolute Gasteiger partial charge is 0.472 e. The molecule has 108 heavy (non-hydrogen) atoms. The maximum absolute atomic E-state index is 13.1. The van der Waals surface area contributed by atoms with Crippen LogP contribution in [-0.4, -0.2) is 96.7 Å². The number of phosphoric acid groups is 2. The smallest absolute Gasteiger partial charge is 0.462 e. The zero-order chi connectivity index (χ0) is 78.9. The minimum absolute atomic E-state index is 0.0460. The van der Waals surface area contributed by atoms with Crippen molar-refractivity contribution in [2.75, 3.05) is 39.6 Å². The zero-order valence-electron chi connectivity index (χ0n) is 68.2. The molecule has 0 heterocycles. The van der Waals surface area contributed by atoms with E-state index in [2.05, 4.69) is 149 Å². The lowest BCUT2D eigenvalue weighted by Crippen LogP contribution is -2.30. The number of aliphatic hydroxyl groups is 1. The maximum Gasteiger partial charge on any atom is 0.472 e. The Morgan fingerprint density at radius 2 is 0.481 bits per heavy atom. The summed E-state index contributed by atoms with van der Waals surface area (Å²) in [4.78, 5) is 73.2. The van der Waals surface area contributed by atoms with Gasteiger partial charge in [-0.2, -0.15) is 0 Å². The van der Waals surface area contributed by atoms with E-state index in [4.69, 9.17) is 37.0 Å². The van der Waals surface area contributed by atoms with Crippen LogP contribution in [0, 0.1) is 0 Å². The van der Waals surface area contributed by atoms with E-state index in [9.17, 15) is 43.2 Å². The van der Waals surface area contributed by atoms with Crippen molar-refractivity contribution in [3.05, 3.63) is 122 Å². The molecule has 0 saturated carbocycles. The normalized spacial score (nSPS) is 14.4. The fourth-order valence-electron chi connectivity index (χ4n) is 11.5. The van der Waals surface area contributed by atoms with Crippen molar-refractivity contribution >= 4 is 39.5 Å². The SMILES string of the molecule is CC/C=C\C/C=C\C/C=C\C/C=C\C/C=C\CCCCCC(=O)OCC(COP(=O)(O)OCC(O)COP(=O)(O)OCC(COC(=O)CCCCCCCCCCCCCCCCC)OC(=O)CCCCCCCCCCCCCCCCC)OC(=O)CCCCC/C=C\C/C=C\C/C=C\C/C=C\C/C=C\CC. The van der Waals surface area contributed by atoms with E-state index in [0.717, 1.165) is 148 Å². The third-order valence-corrected chi connectivity index (χ3v) is 19.9. The van der Waals surface area contributed by atoms with Crippen LogP contribution >= 0.6 is 15.6 Å². The molecule has 0 radical (unpaired) electrons. The van der Waals surface area contributed by atoms with Crippen LogP contribution in [0.15, 0.2) is 122 Å². The molecule has 0 saturated heterocycles. The van der Waals surface area contributed by atoms with Gasteiger partial charge in [-0.3, -0.25) is 37.3 Å². The molecular formula is C89H154O17P2. The topological polar surface area (TPSA) is 237 Å². The van der Waals surface area contributed by atoms with Crippen molar-refractivity contribution in [3.8, 4) is 0 Å². The van der Waals surface area contributed by atoms with Gasteiger partial charge in [0.2, 0.25) is 0 Å². The molecule has 5 atom stereocenters. The number of phosphoric ester groups is 2. The standard InChI is InChI=1S/C89H154O17P2/c1-5-9-13-17-21-25-29-33-37-39-41-43-47-50-54-58-62-66-70-74-87(92)100-80-85(106-89(94)76-72-68-64-60-56-52-48-44-42-40-38-34-30-26-22-18-14-10-6-2)82-104-108(97,98)102-78-83(90)77-101-107(95,96)103-81-84(105-88(93)75-71-67-63-59-55-51-46-36-32-28-24-20-16-12-8-4)79-99-86(91)73-69-65-61-57-53-49-45-35-31-27-23-19-15-11-7-3/h9-10,13-14,21-22,25-26,33-34,37-38,41-44,50,52,54,56,83-85,90H,5-8,11-12,15-20,23-24,27-32,35-36,39-40,45-49,51,53,55,57-82H2,1-4H3,(H,95,96)(H,97,98)/b13-9-,14-10-,25-21-,26-22-,37-33-,38-34-,43-41-,44-42-,54-50-,56-52-. The van der Waals surface area contributed by atoms with Crippen molar-refractivity contribution in [1.82, 2.24) is 0 Å². The van der Waals surface area contributed by atoms with Crippen LogP contribution in [0.5, 0.6) is 0 Å². The van der Waals surface area contributed by atoms with Gasteiger partial charge in [-0.25, -0.2) is 9.13 Å². The number of carbonyl (C=O) groups is 4. The molecule has 0 aromatic heterocycles. The van der Waals surface area contributed by atoms with Crippen LogP contribution in [0.1, 0.15) is 362 Å². The molecule has 0 bridgehead atoms. The molecular weight excluding hydrogens is 1400 g/mol. The predicted octanol–water partition coefficient (Wildman–Crippen LogP) is 25.5. The first-order valence-electron chi connectivity index (χ1n) is 42.8. The number of aliphatic hydroxyl groups excluding tert-OH is 1. The van der Waals surface area contributed by atoms with Crippen LogP contribution < -0.4 is 0 Å². The minimum atomic E-state index is -5.00. The van der Waals surface area contributed by atoms with Crippen molar-refractivity contribution < 1.29 is 80.2 Å². The summed E-state index contributed by atoms with van der Waals surface area (Å²) in [5.41, 5.74) is 0. The molecule has 0 aromatic rings. The van der Waals surface area contributed by atoms with Gasteiger partial charge >= 0.3 is 39.5 Å². The third-order valence-electron chi connectivity index (χ3n) is 18.0. The highest BCUT2D eigenvalue weighted by Gasteiger charge is 2.30. The highest BCUT2D eigenvalue weighted by Crippen LogP contribution is 2.45. The van der Waals surface area contributed by atoms with Crippen LogP contribution in [0.4, 0.5) is 0 Å². The van der Waals surface area contributed by atoms with Crippen molar-refractivity contribution in [1.29, 1.82) is 0 Å². The van der Waals surface area contributed by atoms with E-state index in [1.807, 2.05) is 0 Å². The Hall–Kier alpha value is -4.54. The molecule has 0 aliphatic rings. The summed E-state index contributed by atoms with van der Waals surface area (Å²) in [5.74, 6) is -2.23. The van der Waals surface area contributed by atoms with E-state index in [0.29, 0.717) is 25.7 Å². The number of hydrogen-bond donors (Lipinski definition) is 3. The first-order valence-corrected chi connectivity index (χ1v) is 45.8. The fraction of sp³-hybridized carbons (Fsp3) is 0.730. The lowest BCUT2D eigenvalue weighted by Gasteiger charge is -2.21. The van der Waals surface area contributed by atoms with Gasteiger partial charge in [0.25, 0.3) is 0 Å². The summed E-state index contributed by atoms with van der Waals surface area (Å²) < 4.78 is 68.8. The van der Waals surface area contributed by atoms with Gasteiger partial charge in [-0.05, 0) is 116 Å². The molecule has 0 spiro atoms. The van der Waals surface area contributed by atoms with E-state index >= 15 is 0 Å². The number of unbranched alkanes of at least 4 members (excludes halogenated alkanes) is 34. The molecule has 5 unspecified atom stereocenters. The van der Waals surface area contributed by atoms with E-state index in [1.165, 1.54) is 135 Å². The van der Waals surface area contributed by atoms with Crippen molar-refractivity contribution in [2.24, 2.45) is 0 Å². The molecule has 622 valence electrons. The van der Waals surface area contributed by atoms with Gasteiger partial charge in [0.05, 0.1) is 26.4 Å². The highest BCUT2D eigenvalue weighted by atomic mass is 31.2. The van der Waals surface area contributed by atoms with Crippen LogP contribution in [0.25, 0.3) is 0 Å². The molecule has 17 nitrogen and oxygen atoms in total. The predicted molar refractivity (Wildman–Crippen MR) is 445 cm³/mol. The second kappa shape index (κ2) is 80.5. The quantitative estimate of drug-likeness (QED) is 0.0169. The lowest BCUT2D eigenvalue weighted by molar-refractivity contribution is -0.161. The Kier molecular flexibility index (Phi) is 77.1. The summed E-state index contributed by atoms with van der Waals surface area (Å²) in [7, 11) is -9.98. The summed E-state index contributed by atoms with van der Waals surface area (Å²) in [5, 5.41) is 10.7. The van der Waals surface area contributed by atoms with Crippen molar-refractivity contribution in [3.63, 3.8) is 0 Å². The molecule has 0 fully saturated rings. The average Bonchev–Trinajstić information content (AvgIpc) is 0.896. The number of esters is 4. The number of hydrogen-bond acceptors (Lipinski definition) is 15. The second-order valence-corrected chi connectivity index (χ2v) is 31.3. The first kappa shape index (κ1) is 103. The van der Waals surface area contributed by atoms with Crippen LogP contribution in [0.2, 0.25) is 0 Å². The van der Waals surface area contributed by atoms with Crippen molar-refractivity contribution in [2.45, 2.75) is 380 Å². The molecule has 3 N–H and O–H groups in total. The van der Waals surface area contributed by atoms with E-state index < -0.39 is 97.5 Å². The first-order chi connectivity index (χ1) is 52.7. The number of ether oxygens (including phenoxy) is 4.